The first-order valence-corrected chi connectivity index (χ1v) is 6.71. The van der Waals surface area contributed by atoms with E-state index >= 15 is 0 Å². The molecule has 2 nitrogen and oxygen atoms in total. The van der Waals surface area contributed by atoms with Gasteiger partial charge in [-0.25, -0.2) is 0 Å². The van der Waals surface area contributed by atoms with Gasteiger partial charge < -0.3 is 4.74 Å². The summed E-state index contributed by atoms with van der Waals surface area (Å²) >= 11 is 5.85. The van der Waals surface area contributed by atoms with Gasteiger partial charge in [0.25, 0.3) is 0 Å². The molecule has 0 atom stereocenters. The summed E-state index contributed by atoms with van der Waals surface area (Å²) in [5.74, 6) is 0.828. The molecule has 2 aromatic rings. The largest absolute Gasteiger partial charge is 0.494 e. The SMILES string of the molecule is CCOc1ccc(/C=C(/C#N)c2ccc(Cl)cc2)cc1. The number of benzene rings is 2. The summed E-state index contributed by atoms with van der Waals surface area (Å²) < 4.78 is 5.39. The fraction of sp³-hybridized carbons (Fsp3) is 0.118. The summed E-state index contributed by atoms with van der Waals surface area (Å²) in [6, 6.07) is 17.1. The molecule has 0 aromatic heterocycles. The van der Waals surface area contributed by atoms with Crippen LogP contribution in [0, 0.1) is 11.3 Å². The summed E-state index contributed by atoms with van der Waals surface area (Å²) in [6.07, 6.45) is 1.85. The second kappa shape index (κ2) is 6.79. The van der Waals surface area contributed by atoms with Crippen LogP contribution in [0.25, 0.3) is 11.6 Å². The molecule has 0 aliphatic heterocycles. The van der Waals surface area contributed by atoms with Gasteiger partial charge in [-0.2, -0.15) is 5.26 Å². The van der Waals surface area contributed by atoms with E-state index in [0.29, 0.717) is 17.2 Å². The van der Waals surface area contributed by atoms with Gasteiger partial charge >= 0.3 is 0 Å². The van der Waals surface area contributed by atoms with Gasteiger partial charge in [0, 0.05) is 5.02 Å². The van der Waals surface area contributed by atoms with E-state index in [1.807, 2.05) is 49.4 Å². The lowest BCUT2D eigenvalue weighted by atomic mass is 10.0. The van der Waals surface area contributed by atoms with Gasteiger partial charge in [0.1, 0.15) is 5.75 Å². The van der Waals surface area contributed by atoms with Crippen LogP contribution in [0.3, 0.4) is 0 Å². The minimum absolute atomic E-state index is 0.603. The van der Waals surface area contributed by atoms with Crippen LogP contribution in [0.2, 0.25) is 5.02 Å². The molecule has 2 rings (SSSR count). The van der Waals surface area contributed by atoms with Crippen LogP contribution in [-0.2, 0) is 0 Å². The summed E-state index contributed by atoms with van der Waals surface area (Å²) in [5.41, 5.74) is 2.41. The summed E-state index contributed by atoms with van der Waals surface area (Å²) in [5, 5.41) is 9.93. The summed E-state index contributed by atoms with van der Waals surface area (Å²) in [4.78, 5) is 0. The number of nitrogens with zero attached hydrogens (tertiary/aromatic N) is 1. The number of hydrogen-bond donors (Lipinski definition) is 0. The fourth-order valence-corrected chi connectivity index (χ4v) is 1.93. The monoisotopic (exact) mass is 283 g/mol. The number of halogens is 1. The predicted molar refractivity (Wildman–Crippen MR) is 82.5 cm³/mol. The highest BCUT2D eigenvalue weighted by Crippen LogP contribution is 2.21. The zero-order chi connectivity index (χ0) is 14.4. The number of hydrogen-bond acceptors (Lipinski definition) is 2. The molecule has 0 radical (unpaired) electrons. The number of allylic oxidation sites excluding steroid dienone is 1. The van der Waals surface area contributed by atoms with Crippen molar-refractivity contribution in [3.05, 3.63) is 64.7 Å². The Hall–Kier alpha value is -2.24. The highest BCUT2D eigenvalue weighted by atomic mass is 35.5. The number of rotatable bonds is 4. The summed E-state index contributed by atoms with van der Waals surface area (Å²) in [6.45, 7) is 2.59. The Morgan fingerprint density at radius 2 is 1.80 bits per heavy atom. The predicted octanol–water partition coefficient (Wildman–Crippen LogP) is 4.80. The van der Waals surface area contributed by atoms with Crippen LogP contribution in [0.15, 0.2) is 48.5 Å². The third kappa shape index (κ3) is 3.63. The van der Waals surface area contributed by atoms with Crippen molar-refractivity contribution >= 4 is 23.3 Å². The zero-order valence-corrected chi connectivity index (χ0v) is 11.9. The molecule has 0 fully saturated rings. The van der Waals surface area contributed by atoms with E-state index in [9.17, 15) is 5.26 Å². The molecule has 0 aliphatic carbocycles. The Labute approximate surface area is 123 Å². The van der Waals surface area contributed by atoms with Gasteiger partial charge in [-0.15, -0.1) is 0 Å². The maximum absolute atomic E-state index is 9.27. The van der Waals surface area contributed by atoms with Crippen molar-refractivity contribution in [2.75, 3.05) is 6.61 Å². The molecule has 0 amide bonds. The van der Waals surface area contributed by atoms with Crippen LogP contribution in [-0.4, -0.2) is 6.61 Å². The fourth-order valence-electron chi connectivity index (χ4n) is 1.80. The highest BCUT2D eigenvalue weighted by Gasteiger charge is 2.01. The van der Waals surface area contributed by atoms with Gasteiger partial charge in [0.15, 0.2) is 0 Å². The third-order valence-electron chi connectivity index (χ3n) is 2.78. The van der Waals surface area contributed by atoms with E-state index in [-0.39, 0.29) is 0 Å². The van der Waals surface area contributed by atoms with Gasteiger partial charge in [0.2, 0.25) is 0 Å². The molecule has 0 saturated carbocycles. The molecule has 0 N–H and O–H groups in total. The number of ether oxygens (including phenoxy) is 1. The van der Waals surface area contributed by atoms with E-state index in [1.165, 1.54) is 0 Å². The quantitative estimate of drug-likeness (QED) is 0.596. The smallest absolute Gasteiger partial charge is 0.119 e. The number of nitriles is 1. The molecule has 0 saturated heterocycles. The maximum atomic E-state index is 9.27. The van der Waals surface area contributed by atoms with Crippen molar-refractivity contribution in [2.45, 2.75) is 6.92 Å². The molecule has 100 valence electrons. The molecular formula is C17H14ClNO. The average Bonchev–Trinajstić information content (AvgIpc) is 2.48. The van der Waals surface area contributed by atoms with E-state index in [2.05, 4.69) is 6.07 Å². The molecule has 0 spiro atoms. The van der Waals surface area contributed by atoms with Crippen molar-refractivity contribution in [1.29, 1.82) is 5.26 Å². The van der Waals surface area contributed by atoms with Crippen molar-refractivity contribution in [3.8, 4) is 11.8 Å². The molecule has 0 heterocycles. The molecule has 3 heteroatoms. The van der Waals surface area contributed by atoms with Crippen LogP contribution < -0.4 is 4.74 Å². The van der Waals surface area contributed by atoms with Crippen LogP contribution >= 0.6 is 11.6 Å². The van der Waals surface area contributed by atoms with Gasteiger partial charge in [-0.3, -0.25) is 0 Å². The lowest BCUT2D eigenvalue weighted by Gasteiger charge is -2.03. The van der Waals surface area contributed by atoms with Crippen molar-refractivity contribution in [2.24, 2.45) is 0 Å². The normalized spacial score (nSPS) is 10.9. The molecule has 0 aliphatic rings. The van der Waals surface area contributed by atoms with Gasteiger partial charge in [0.05, 0.1) is 18.2 Å². The highest BCUT2D eigenvalue weighted by molar-refractivity contribution is 6.30. The molecule has 20 heavy (non-hydrogen) atoms. The van der Waals surface area contributed by atoms with Crippen molar-refractivity contribution < 1.29 is 4.74 Å². The molecular weight excluding hydrogens is 270 g/mol. The van der Waals surface area contributed by atoms with Crippen LogP contribution in [0.4, 0.5) is 0 Å². The third-order valence-corrected chi connectivity index (χ3v) is 3.03. The maximum Gasteiger partial charge on any atom is 0.119 e. The summed E-state index contributed by atoms with van der Waals surface area (Å²) in [7, 11) is 0. The Morgan fingerprint density at radius 1 is 1.15 bits per heavy atom. The van der Waals surface area contributed by atoms with E-state index in [4.69, 9.17) is 16.3 Å². The minimum Gasteiger partial charge on any atom is -0.494 e. The first-order valence-electron chi connectivity index (χ1n) is 6.33. The standard InChI is InChI=1S/C17H14ClNO/c1-2-20-17-9-3-13(4-10-17)11-15(12-19)14-5-7-16(18)8-6-14/h3-11H,2H2,1H3/b15-11-. The van der Waals surface area contributed by atoms with Crippen molar-refractivity contribution in [3.63, 3.8) is 0 Å². The van der Waals surface area contributed by atoms with Gasteiger partial charge in [-0.1, -0.05) is 35.9 Å². The lowest BCUT2D eigenvalue weighted by Crippen LogP contribution is -1.90. The van der Waals surface area contributed by atoms with Gasteiger partial charge in [-0.05, 0) is 48.4 Å². The topological polar surface area (TPSA) is 33.0 Å². The Morgan fingerprint density at radius 3 is 2.35 bits per heavy atom. The Bertz CT molecular complexity index is 636. The van der Waals surface area contributed by atoms with Crippen LogP contribution in [0.1, 0.15) is 18.1 Å². The first kappa shape index (κ1) is 14.2. The lowest BCUT2D eigenvalue weighted by molar-refractivity contribution is 0.340. The Balaban J connectivity index is 2.27. The zero-order valence-electron chi connectivity index (χ0n) is 11.1. The second-order valence-electron chi connectivity index (χ2n) is 4.18. The minimum atomic E-state index is 0.603. The average molecular weight is 284 g/mol. The molecule has 0 bridgehead atoms. The molecule has 2 aromatic carbocycles. The molecule has 0 unspecified atom stereocenters. The Kier molecular flexibility index (Phi) is 4.81. The van der Waals surface area contributed by atoms with E-state index < -0.39 is 0 Å². The van der Waals surface area contributed by atoms with Crippen molar-refractivity contribution in [1.82, 2.24) is 0 Å². The second-order valence-corrected chi connectivity index (χ2v) is 4.62. The van der Waals surface area contributed by atoms with E-state index in [1.54, 1.807) is 12.1 Å². The first-order chi connectivity index (χ1) is 9.72. The van der Waals surface area contributed by atoms with Crippen LogP contribution in [0.5, 0.6) is 5.75 Å². The van der Waals surface area contributed by atoms with E-state index in [0.717, 1.165) is 16.9 Å².